The Labute approximate surface area is 126 Å². The van der Waals surface area contributed by atoms with Crippen LogP contribution in [0.2, 0.25) is 0 Å². The molecule has 2 nitrogen and oxygen atoms in total. The van der Waals surface area contributed by atoms with Gasteiger partial charge in [0.15, 0.2) is 0 Å². The van der Waals surface area contributed by atoms with Crippen molar-refractivity contribution in [3.05, 3.63) is 23.3 Å². The van der Waals surface area contributed by atoms with E-state index < -0.39 is 0 Å². The van der Waals surface area contributed by atoms with E-state index in [-0.39, 0.29) is 0 Å². The van der Waals surface area contributed by atoms with Crippen molar-refractivity contribution in [3.8, 4) is 11.5 Å². The van der Waals surface area contributed by atoms with Crippen molar-refractivity contribution < 1.29 is 9.47 Å². The van der Waals surface area contributed by atoms with E-state index in [0.29, 0.717) is 5.92 Å². The van der Waals surface area contributed by atoms with Gasteiger partial charge in [-0.05, 0) is 24.5 Å². The van der Waals surface area contributed by atoms with E-state index in [1.807, 2.05) is 6.07 Å². The molecular weight excluding hydrogens is 360 g/mol. The van der Waals surface area contributed by atoms with Crippen LogP contribution in [0.5, 0.6) is 11.5 Å². The molecule has 0 spiro atoms. The van der Waals surface area contributed by atoms with E-state index in [1.165, 1.54) is 0 Å². The van der Waals surface area contributed by atoms with Gasteiger partial charge in [-0.2, -0.15) is 0 Å². The SMILES string of the molecule is COc1cc(CBr)c(OCCC(C)C)cc1CBr. The van der Waals surface area contributed by atoms with Gasteiger partial charge in [0.05, 0.1) is 13.7 Å². The number of ether oxygens (including phenoxy) is 2. The summed E-state index contributed by atoms with van der Waals surface area (Å²) in [7, 11) is 1.69. The van der Waals surface area contributed by atoms with Crippen LogP contribution in [0.4, 0.5) is 0 Å². The molecule has 0 bridgehead atoms. The summed E-state index contributed by atoms with van der Waals surface area (Å²) in [6.07, 6.45) is 1.07. The van der Waals surface area contributed by atoms with Crippen LogP contribution >= 0.6 is 31.9 Å². The molecule has 0 unspecified atom stereocenters. The number of alkyl halides is 2. The molecule has 0 heterocycles. The molecule has 1 aromatic carbocycles. The zero-order valence-corrected chi connectivity index (χ0v) is 14.3. The molecule has 0 saturated heterocycles. The van der Waals surface area contributed by atoms with Crippen LogP contribution in [0, 0.1) is 5.92 Å². The Morgan fingerprint density at radius 3 is 2.11 bits per heavy atom. The molecule has 0 fully saturated rings. The predicted molar refractivity (Wildman–Crippen MR) is 83.2 cm³/mol. The first-order valence-electron chi connectivity index (χ1n) is 6.06. The third-order valence-corrected chi connectivity index (χ3v) is 3.91. The van der Waals surface area contributed by atoms with Crippen LogP contribution in [0.15, 0.2) is 12.1 Å². The van der Waals surface area contributed by atoms with Crippen molar-refractivity contribution >= 4 is 31.9 Å². The first kappa shape index (κ1) is 15.8. The van der Waals surface area contributed by atoms with Crippen LogP contribution in [0.1, 0.15) is 31.4 Å². The van der Waals surface area contributed by atoms with Gasteiger partial charge < -0.3 is 9.47 Å². The maximum atomic E-state index is 5.87. The number of halogens is 2. The number of methoxy groups -OCH3 is 1. The number of benzene rings is 1. The minimum atomic E-state index is 0.659. The van der Waals surface area contributed by atoms with E-state index in [2.05, 4.69) is 51.8 Å². The molecule has 0 N–H and O–H groups in total. The molecule has 18 heavy (non-hydrogen) atoms. The molecule has 0 atom stereocenters. The van der Waals surface area contributed by atoms with Crippen LogP contribution < -0.4 is 9.47 Å². The van der Waals surface area contributed by atoms with Crippen LogP contribution in [0.3, 0.4) is 0 Å². The van der Waals surface area contributed by atoms with E-state index in [9.17, 15) is 0 Å². The largest absolute Gasteiger partial charge is 0.496 e. The zero-order valence-electron chi connectivity index (χ0n) is 11.1. The second kappa shape index (κ2) is 8.05. The third kappa shape index (κ3) is 4.47. The van der Waals surface area contributed by atoms with E-state index >= 15 is 0 Å². The topological polar surface area (TPSA) is 18.5 Å². The second-order valence-corrected chi connectivity index (χ2v) is 5.69. The predicted octanol–water partition coefficient (Wildman–Crippen LogP) is 4.91. The molecule has 0 saturated carbocycles. The van der Waals surface area contributed by atoms with E-state index in [4.69, 9.17) is 9.47 Å². The van der Waals surface area contributed by atoms with Gasteiger partial charge in [0.2, 0.25) is 0 Å². The minimum Gasteiger partial charge on any atom is -0.496 e. The molecule has 0 aliphatic carbocycles. The summed E-state index contributed by atoms with van der Waals surface area (Å²) in [6.45, 7) is 5.16. The summed E-state index contributed by atoms with van der Waals surface area (Å²) in [4.78, 5) is 0. The summed E-state index contributed by atoms with van der Waals surface area (Å²) in [6, 6.07) is 4.10. The van der Waals surface area contributed by atoms with Crippen molar-refractivity contribution in [1.29, 1.82) is 0 Å². The molecule has 102 valence electrons. The lowest BCUT2D eigenvalue weighted by Gasteiger charge is -2.15. The van der Waals surface area contributed by atoms with Crippen molar-refractivity contribution in [3.63, 3.8) is 0 Å². The van der Waals surface area contributed by atoms with Gasteiger partial charge >= 0.3 is 0 Å². The van der Waals surface area contributed by atoms with Crippen molar-refractivity contribution in [2.45, 2.75) is 30.9 Å². The summed E-state index contributed by atoms with van der Waals surface area (Å²) in [5.41, 5.74) is 2.24. The molecule has 0 aliphatic rings. The molecule has 0 aromatic heterocycles. The summed E-state index contributed by atoms with van der Waals surface area (Å²) in [5, 5.41) is 1.53. The van der Waals surface area contributed by atoms with Gasteiger partial charge in [-0.15, -0.1) is 0 Å². The zero-order chi connectivity index (χ0) is 13.5. The lowest BCUT2D eigenvalue weighted by Crippen LogP contribution is -2.04. The Kier molecular flexibility index (Phi) is 7.08. The molecule has 1 aromatic rings. The van der Waals surface area contributed by atoms with Gasteiger partial charge in [-0.1, -0.05) is 45.7 Å². The fraction of sp³-hybridized carbons (Fsp3) is 0.571. The normalized spacial score (nSPS) is 10.8. The van der Waals surface area contributed by atoms with Crippen molar-refractivity contribution in [1.82, 2.24) is 0 Å². The Hall–Kier alpha value is -0.220. The highest BCUT2D eigenvalue weighted by Crippen LogP contribution is 2.32. The third-order valence-electron chi connectivity index (χ3n) is 2.70. The highest BCUT2D eigenvalue weighted by atomic mass is 79.9. The molecule has 0 aliphatic heterocycles. The highest BCUT2D eigenvalue weighted by Gasteiger charge is 2.10. The maximum absolute atomic E-state index is 5.87. The highest BCUT2D eigenvalue weighted by molar-refractivity contribution is 9.08. The van der Waals surface area contributed by atoms with Crippen LogP contribution in [-0.2, 0) is 10.7 Å². The molecule has 1 rings (SSSR count). The van der Waals surface area contributed by atoms with E-state index in [0.717, 1.165) is 46.3 Å². The van der Waals surface area contributed by atoms with Gasteiger partial charge in [-0.3, -0.25) is 0 Å². The molecular formula is C14H20Br2O2. The average Bonchev–Trinajstić information content (AvgIpc) is 2.37. The lowest BCUT2D eigenvalue weighted by molar-refractivity contribution is 0.287. The number of hydrogen-bond acceptors (Lipinski definition) is 2. The van der Waals surface area contributed by atoms with Gasteiger partial charge in [-0.25, -0.2) is 0 Å². The Bertz CT molecular complexity index is 378. The van der Waals surface area contributed by atoms with Gasteiger partial charge in [0.25, 0.3) is 0 Å². The standard InChI is InChI=1S/C14H20Br2O2/c1-10(2)4-5-18-14-7-11(8-15)13(17-3)6-12(14)9-16/h6-7,10H,4-5,8-9H2,1-3H3. The minimum absolute atomic E-state index is 0.659. The van der Waals surface area contributed by atoms with Crippen molar-refractivity contribution in [2.75, 3.05) is 13.7 Å². The second-order valence-electron chi connectivity index (χ2n) is 4.57. The first-order chi connectivity index (χ1) is 8.62. The van der Waals surface area contributed by atoms with E-state index in [1.54, 1.807) is 7.11 Å². The Balaban J connectivity index is 2.87. The molecule has 4 heteroatoms. The lowest BCUT2D eigenvalue weighted by atomic mass is 10.1. The maximum Gasteiger partial charge on any atom is 0.123 e. The van der Waals surface area contributed by atoms with Crippen LogP contribution in [0.25, 0.3) is 0 Å². The summed E-state index contributed by atoms with van der Waals surface area (Å²) < 4.78 is 11.2. The Morgan fingerprint density at radius 2 is 1.61 bits per heavy atom. The fourth-order valence-corrected chi connectivity index (χ4v) is 2.46. The first-order valence-corrected chi connectivity index (χ1v) is 8.31. The van der Waals surface area contributed by atoms with Crippen molar-refractivity contribution in [2.24, 2.45) is 5.92 Å². The smallest absolute Gasteiger partial charge is 0.123 e. The average molecular weight is 380 g/mol. The van der Waals surface area contributed by atoms with Crippen LogP contribution in [-0.4, -0.2) is 13.7 Å². The number of rotatable bonds is 7. The molecule has 0 amide bonds. The summed E-state index contributed by atoms with van der Waals surface area (Å²) >= 11 is 6.97. The summed E-state index contributed by atoms with van der Waals surface area (Å²) in [5.74, 6) is 2.51. The number of hydrogen-bond donors (Lipinski definition) is 0. The molecule has 0 radical (unpaired) electrons. The fourth-order valence-electron chi connectivity index (χ4n) is 1.58. The monoisotopic (exact) mass is 378 g/mol. The quantitative estimate of drug-likeness (QED) is 0.626. The Morgan fingerprint density at radius 1 is 1.06 bits per heavy atom. The van der Waals surface area contributed by atoms with Gasteiger partial charge in [0.1, 0.15) is 11.5 Å². The van der Waals surface area contributed by atoms with Gasteiger partial charge in [0, 0.05) is 21.8 Å².